The van der Waals surface area contributed by atoms with Crippen molar-refractivity contribution in [3.05, 3.63) is 34.3 Å². The van der Waals surface area contributed by atoms with Gasteiger partial charge in [0.2, 0.25) is 5.91 Å². The first-order valence-electron chi connectivity index (χ1n) is 7.17. The lowest BCUT2D eigenvalue weighted by Gasteiger charge is -2.20. The van der Waals surface area contributed by atoms with Gasteiger partial charge in [-0.3, -0.25) is 9.59 Å². The Labute approximate surface area is 133 Å². The van der Waals surface area contributed by atoms with Gasteiger partial charge in [0.05, 0.1) is 17.9 Å². The Kier molecular flexibility index (Phi) is 5.04. The molecule has 2 rings (SSSR count). The highest BCUT2D eigenvalue weighted by Gasteiger charge is 2.41. The topological polar surface area (TPSA) is 66.4 Å². The first kappa shape index (κ1) is 16.0. The van der Waals surface area contributed by atoms with Crippen LogP contribution in [-0.2, 0) is 9.59 Å². The van der Waals surface area contributed by atoms with E-state index in [1.54, 1.807) is 0 Å². The SMILES string of the molecule is CC1CC(C(=O)O)C(C(=O)NC(C)c2ccc(Br)cc2)C1. The quantitative estimate of drug-likeness (QED) is 0.871. The Balaban J connectivity index is 2.03. The largest absolute Gasteiger partial charge is 0.481 e. The van der Waals surface area contributed by atoms with Gasteiger partial charge < -0.3 is 10.4 Å². The summed E-state index contributed by atoms with van der Waals surface area (Å²) in [4.78, 5) is 23.6. The maximum atomic E-state index is 12.4. The summed E-state index contributed by atoms with van der Waals surface area (Å²) in [5, 5.41) is 12.2. The number of benzene rings is 1. The van der Waals surface area contributed by atoms with E-state index >= 15 is 0 Å². The van der Waals surface area contributed by atoms with Gasteiger partial charge in [-0.25, -0.2) is 0 Å². The molecule has 5 heteroatoms. The maximum absolute atomic E-state index is 12.4. The van der Waals surface area contributed by atoms with Gasteiger partial charge in [0.1, 0.15) is 0 Å². The molecule has 0 aromatic heterocycles. The Bertz CT molecular complexity index is 529. The lowest BCUT2D eigenvalue weighted by atomic mass is 9.94. The van der Waals surface area contributed by atoms with Crippen LogP contribution in [-0.4, -0.2) is 17.0 Å². The van der Waals surface area contributed by atoms with Gasteiger partial charge in [-0.15, -0.1) is 0 Å². The Morgan fingerprint density at radius 1 is 1.24 bits per heavy atom. The van der Waals surface area contributed by atoms with Crippen molar-refractivity contribution < 1.29 is 14.7 Å². The summed E-state index contributed by atoms with van der Waals surface area (Å²) in [5.41, 5.74) is 1.00. The predicted octanol–water partition coefficient (Wildman–Crippen LogP) is 3.37. The van der Waals surface area contributed by atoms with E-state index in [9.17, 15) is 14.7 Å². The number of aliphatic carboxylic acids is 1. The van der Waals surface area contributed by atoms with Gasteiger partial charge in [0.25, 0.3) is 0 Å². The zero-order valence-corrected chi connectivity index (χ0v) is 13.8. The number of amides is 1. The molecule has 0 aliphatic heterocycles. The Morgan fingerprint density at radius 3 is 2.38 bits per heavy atom. The van der Waals surface area contributed by atoms with E-state index in [1.165, 1.54) is 0 Å². The van der Waals surface area contributed by atoms with E-state index in [2.05, 4.69) is 21.2 Å². The summed E-state index contributed by atoms with van der Waals surface area (Å²) in [6.07, 6.45) is 1.23. The first-order chi connectivity index (χ1) is 9.88. The zero-order chi connectivity index (χ0) is 15.6. The number of halogens is 1. The molecule has 21 heavy (non-hydrogen) atoms. The maximum Gasteiger partial charge on any atom is 0.307 e. The third kappa shape index (κ3) is 3.84. The fourth-order valence-electron chi connectivity index (χ4n) is 3.01. The number of carboxylic acid groups (broad SMARTS) is 1. The van der Waals surface area contributed by atoms with Gasteiger partial charge in [0, 0.05) is 4.47 Å². The van der Waals surface area contributed by atoms with E-state index in [-0.39, 0.29) is 17.9 Å². The molecule has 1 aliphatic carbocycles. The van der Waals surface area contributed by atoms with Gasteiger partial charge in [0.15, 0.2) is 0 Å². The van der Waals surface area contributed by atoms with E-state index in [0.29, 0.717) is 12.8 Å². The van der Waals surface area contributed by atoms with Crippen molar-refractivity contribution in [2.24, 2.45) is 17.8 Å². The zero-order valence-electron chi connectivity index (χ0n) is 12.2. The van der Waals surface area contributed by atoms with Crippen molar-refractivity contribution in [1.82, 2.24) is 5.32 Å². The molecule has 4 unspecified atom stereocenters. The van der Waals surface area contributed by atoms with Crippen LogP contribution in [0.3, 0.4) is 0 Å². The smallest absolute Gasteiger partial charge is 0.307 e. The minimum absolute atomic E-state index is 0.129. The van der Waals surface area contributed by atoms with Crippen LogP contribution in [0.5, 0.6) is 0 Å². The number of carboxylic acids is 1. The molecule has 114 valence electrons. The van der Waals surface area contributed by atoms with Crippen LogP contribution in [0.15, 0.2) is 28.7 Å². The van der Waals surface area contributed by atoms with Gasteiger partial charge >= 0.3 is 5.97 Å². The molecule has 0 saturated heterocycles. The molecule has 1 aromatic rings. The summed E-state index contributed by atoms with van der Waals surface area (Å²) in [5.74, 6) is -1.71. The van der Waals surface area contributed by atoms with Crippen LogP contribution in [0.4, 0.5) is 0 Å². The molecule has 1 fully saturated rings. The highest BCUT2D eigenvalue weighted by Crippen LogP contribution is 2.36. The van der Waals surface area contributed by atoms with Crippen LogP contribution < -0.4 is 5.32 Å². The van der Waals surface area contributed by atoms with Crippen molar-refractivity contribution in [3.63, 3.8) is 0 Å². The average molecular weight is 354 g/mol. The van der Waals surface area contributed by atoms with E-state index in [4.69, 9.17) is 0 Å². The molecular weight excluding hydrogens is 334 g/mol. The molecule has 1 amide bonds. The monoisotopic (exact) mass is 353 g/mol. The summed E-state index contributed by atoms with van der Waals surface area (Å²) < 4.78 is 0.986. The molecule has 4 atom stereocenters. The van der Waals surface area contributed by atoms with E-state index < -0.39 is 17.8 Å². The lowest BCUT2D eigenvalue weighted by Crippen LogP contribution is -2.36. The van der Waals surface area contributed by atoms with Crippen molar-refractivity contribution in [3.8, 4) is 0 Å². The van der Waals surface area contributed by atoms with Gasteiger partial charge in [-0.05, 0) is 43.4 Å². The van der Waals surface area contributed by atoms with Crippen LogP contribution in [0.2, 0.25) is 0 Å². The molecule has 0 heterocycles. The van der Waals surface area contributed by atoms with Crippen LogP contribution in [0.25, 0.3) is 0 Å². The number of nitrogens with one attached hydrogen (secondary N) is 1. The highest BCUT2D eigenvalue weighted by molar-refractivity contribution is 9.10. The Hall–Kier alpha value is -1.36. The molecule has 1 aromatic carbocycles. The average Bonchev–Trinajstić information content (AvgIpc) is 2.82. The van der Waals surface area contributed by atoms with Crippen molar-refractivity contribution in [2.45, 2.75) is 32.7 Å². The number of carbonyl (C=O) groups is 2. The second-order valence-corrected chi connectivity index (χ2v) is 6.83. The molecular formula is C16H20BrNO3. The molecule has 1 aliphatic rings. The first-order valence-corrected chi connectivity index (χ1v) is 7.96. The van der Waals surface area contributed by atoms with E-state index in [0.717, 1.165) is 10.0 Å². The lowest BCUT2D eigenvalue weighted by molar-refractivity contribution is -0.146. The highest BCUT2D eigenvalue weighted by atomic mass is 79.9. The third-order valence-electron chi connectivity index (χ3n) is 4.18. The minimum atomic E-state index is -0.865. The van der Waals surface area contributed by atoms with Crippen LogP contribution in [0, 0.1) is 17.8 Å². The van der Waals surface area contributed by atoms with Crippen molar-refractivity contribution >= 4 is 27.8 Å². The summed E-state index contributed by atoms with van der Waals surface area (Å²) in [7, 11) is 0. The number of carbonyl (C=O) groups excluding carboxylic acids is 1. The molecule has 0 radical (unpaired) electrons. The van der Waals surface area contributed by atoms with Crippen LogP contribution in [0.1, 0.15) is 38.3 Å². The fraction of sp³-hybridized carbons (Fsp3) is 0.500. The summed E-state index contributed by atoms with van der Waals surface area (Å²) in [6, 6.07) is 7.61. The molecule has 1 saturated carbocycles. The van der Waals surface area contributed by atoms with Crippen molar-refractivity contribution in [1.29, 1.82) is 0 Å². The predicted molar refractivity (Wildman–Crippen MR) is 83.7 cm³/mol. The fourth-order valence-corrected chi connectivity index (χ4v) is 3.27. The summed E-state index contributed by atoms with van der Waals surface area (Å²) in [6.45, 7) is 3.91. The molecule has 0 spiro atoms. The van der Waals surface area contributed by atoms with E-state index in [1.807, 2.05) is 38.1 Å². The normalized spacial score (nSPS) is 26.3. The molecule has 2 N–H and O–H groups in total. The minimum Gasteiger partial charge on any atom is -0.481 e. The second kappa shape index (κ2) is 6.60. The molecule has 0 bridgehead atoms. The Morgan fingerprint density at radius 2 is 1.81 bits per heavy atom. The second-order valence-electron chi connectivity index (χ2n) is 5.91. The number of hydrogen-bond donors (Lipinski definition) is 2. The third-order valence-corrected chi connectivity index (χ3v) is 4.71. The summed E-state index contributed by atoms with van der Waals surface area (Å²) >= 11 is 3.38. The standard InChI is InChI=1S/C16H20BrNO3/c1-9-7-13(14(8-9)16(20)21)15(19)18-10(2)11-3-5-12(17)6-4-11/h3-6,9-10,13-14H,7-8H2,1-2H3,(H,18,19)(H,20,21). The van der Waals surface area contributed by atoms with Gasteiger partial charge in [-0.2, -0.15) is 0 Å². The molecule has 4 nitrogen and oxygen atoms in total. The van der Waals surface area contributed by atoms with Crippen molar-refractivity contribution in [2.75, 3.05) is 0 Å². The number of rotatable bonds is 4. The number of hydrogen-bond acceptors (Lipinski definition) is 2. The van der Waals surface area contributed by atoms with Crippen LogP contribution >= 0.6 is 15.9 Å². The van der Waals surface area contributed by atoms with Gasteiger partial charge in [-0.1, -0.05) is 35.0 Å².